The maximum atomic E-state index is 12.6. The molecule has 3 rings (SSSR count). The smallest absolute Gasteiger partial charge is 0.314 e. The van der Waals surface area contributed by atoms with Crippen LogP contribution in [0.1, 0.15) is 20.4 Å². The van der Waals surface area contributed by atoms with Gasteiger partial charge in [-0.15, -0.1) is 23.7 Å². The molecule has 2 aromatic rings. The van der Waals surface area contributed by atoms with E-state index in [0.29, 0.717) is 10.0 Å². The van der Waals surface area contributed by atoms with Gasteiger partial charge in [0.2, 0.25) is 5.91 Å². The van der Waals surface area contributed by atoms with Crippen LogP contribution in [0.2, 0.25) is 5.02 Å². The van der Waals surface area contributed by atoms with E-state index in [1.165, 1.54) is 48.7 Å². The minimum Gasteiger partial charge on any atom is -0.347 e. The van der Waals surface area contributed by atoms with Crippen LogP contribution in [0.4, 0.5) is 5.82 Å². The summed E-state index contributed by atoms with van der Waals surface area (Å²) in [5.41, 5.74) is 0.907. The van der Waals surface area contributed by atoms with Gasteiger partial charge < -0.3 is 25.8 Å². The topological polar surface area (TPSA) is 137 Å². The first-order valence-electron chi connectivity index (χ1n) is 10.0. The first-order chi connectivity index (χ1) is 15.6. The molecular formula is C20H25Cl2N7O4S. The van der Waals surface area contributed by atoms with Crippen molar-refractivity contribution in [3.63, 3.8) is 0 Å². The van der Waals surface area contributed by atoms with Crippen molar-refractivity contribution in [3.8, 4) is 0 Å². The van der Waals surface area contributed by atoms with Crippen LogP contribution in [0.25, 0.3) is 0 Å². The molecule has 0 bridgehead atoms. The van der Waals surface area contributed by atoms with Gasteiger partial charge in [-0.05, 0) is 19.2 Å². The van der Waals surface area contributed by atoms with Gasteiger partial charge in [-0.2, -0.15) is 0 Å². The van der Waals surface area contributed by atoms with E-state index in [1.54, 1.807) is 0 Å². The van der Waals surface area contributed by atoms with E-state index in [2.05, 4.69) is 30.8 Å². The zero-order valence-electron chi connectivity index (χ0n) is 18.8. The minimum absolute atomic E-state index is 0. The van der Waals surface area contributed by atoms with Crippen molar-refractivity contribution in [1.82, 2.24) is 30.4 Å². The third kappa shape index (κ3) is 7.10. The number of carbonyl (C=O) groups is 4. The summed E-state index contributed by atoms with van der Waals surface area (Å²) < 4.78 is 0. The number of hydrogen-bond acceptors (Lipinski definition) is 8. The zero-order chi connectivity index (χ0) is 24.1. The molecule has 0 fully saturated rings. The molecule has 0 radical (unpaired) electrons. The average Bonchev–Trinajstić information content (AvgIpc) is 3.20. The Kier molecular flexibility index (Phi) is 9.74. The van der Waals surface area contributed by atoms with Crippen molar-refractivity contribution in [3.05, 3.63) is 38.9 Å². The quantitative estimate of drug-likeness (QED) is 0.464. The number of amides is 4. The molecule has 0 spiro atoms. The highest BCUT2D eigenvalue weighted by molar-refractivity contribution is 7.13. The number of carbonyl (C=O) groups excluding carboxylic acids is 4. The summed E-state index contributed by atoms with van der Waals surface area (Å²) in [6, 6.07) is 1.78. The fourth-order valence-electron chi connectivity index (χ4n) is 3.05. The molecule has 3 N–H and O–H groups in total. The van der Waals surface area contributed by atoms with Gasteiger partial charge in [0.15, 0.2) is 5.01 Å². The largest absolute Gasteiger partial charge is 0.347 e. The second-order valence-corrected chi connectivity index (χ2v) is 9.18. The minimum atomic E-state index is -1.15. The lowest BCUT2D eigenvalue weighted by atomic mass is 10.2. The average molecular weight is 530 g/mol. The third-order valence-corrected chi connectivity index (χ3v) is 6.11. The molecule has 3 heterocycles. The van der Waals surface area contributed by atoms with Gasteiger partial charge in [0.05, 0.1) is 10.7 Å². The Morgan fingerprint density at radius 3 is 2.62 bits per heavy atom. The summed E-state index contributed by atoms with van der Waals surface area (Å²) in [5, 5.41) is 7.97. The van der Waals surface area contributed by atoms with E-state index < -0.39 is 29.7 Å². The van der Waals surface area contributed by atoms with E-state index in [9.17, 15) is 19.2 Å². The van der Waals surface area contributed by atoms with E-state index in [1.807, 2.05) is 7.05 Å². The van der Waals surface area contributed by atoms with E-state index in [-0.39, 0.29) is 24.8 Å². The molecule has 0 saturated heterocycles. The Morgan fingerprint density at radius 1 is 1.24 bits per heavy atom. The Balaban J connectivity index is 0.00000408. The Morgan fingerprint density at radius 2 is 1.97 bits per heavy atom. The van der Waals surface area contributed by atoms with Gasteiger partial charge >= 0.3 is 11.8 Å². The molecule has 184 valence electrons. The number of hydrogen-bond donors (Lipinski definition) is 3. The lowest BCUT2D eigenvalue weighted by molar-refractivity contribution is -0.139. The van der Waals surface area contributed by atoms with Crippen LogP contribution in [0.3, 0.4) is 0 Å². The van der Waals surface area contributed by atoms with Gasteiger partial charge in [0, 0.05) is 51.2 Å². The number of aromatic nitrogens is 2. The monoisotopic (exact) mass is 529 g/mol. The van der Waals surface area contributed by atoms with Crippen LogP contribution in [-0.4, -0.2) is 83.7 Å². The number of anilines is 1. The number of halogens is 2. The normalized spacial score (nSPS) is 13.6. The molecule has 1 atom stereocenters. The molecule has 0 saturated carbocycles. The number of nitrogens with zero attached hydrogens (tertiary/aromatic N) is 4. The van der Waals surface area contributed by atoms with E-state index >= 15 is 0 Å². The van der Waals surface area contributed by atoms with E-state index in [0.717, 1.165) is 30.1 Å². The first-order valence-corrected chi connectivity index (χ1v) is 11.2. The molecule has 0 aromatic carbocycles. The Hall–Kier alpha value is -2.80. The molecule has 14 heteroatoms. The molecule has 1 aliphatic rings. The van der Waals surface area contributed by atoms with Crippen molar-refractivity contribution >= 4 is 64.8 Å². The fraction of sp³-hybridized carbons (Fsp3) is 0.400. The summed E-state index contributed by atoms with van der Waals surface area (Å²) in [5.74, 6) is -2.86. The molecule has 4 amide bonds. The predicted octanol–water partition coefficient (Wildman–Crippen LogP) is 0.543. The Labute approximate surface area is 211 Å². The first kappa shape index (κ1) is 27.4. The fourth-order valence-corrected chi connectivity index (χ4v) is 4.27. The third-order valence-electron chi connectivity index (χ3n) is 4.80. The molecule has 1 aliphatic heterocycles. The van der Waals surface area contributed by atoms with Crippen LogP contribution in [-0.2, 0) is 27.3 Å². The summed E-state index contributed by atoms with van der Waals surface area (Å²) >= 11 is 7.05. The van der Waals surface area contributed by atoms with Crippen LogP contribution in [0.5, 0.6) is 0 Å². The van der Waals surface area contributed by atoms with Gasteiger partial charge in [-0.3, -0.25) is 19.2 Å². The van der Waals surface area contributed by atoms with Crippen molar-refractivity contribution in [2.24, 2.45) is 0 Å². The van der Waals surface area contributed by atoms with Crippen molar-refractivity contribution in [2.75, 3.05) is 39.5 Å². The van der Waals surface area contributed by atoms with E-state index in [4.69, 9.17) is 11.6 Å². The highest BCUT2D eigenvalue weighted by Gasteiger charge is 2.27. The lowest BCUT2D eigenvalue weighted by Crippen LogP contribution is -2.54. The van der Waals surface area contributed by atoms with Crippen LogP contribution in [0.15, 0.2) is 18.3 Å². The van der Waals surface area contributed by atoms with Gasteiger partial charge in [-0.25, -0.2) is 9.97 Å². The molecular weight excluding hydrogens is 505 g/mol. The summed E-state index contributed by atoms with van der Waals surface area (Å²) in [7, 11) is 5.01. The van der Waals surface area contributed by atoms with Crippen LogP contribution >= 0.6 is 35.3 Å². The number of fused-ring (bicyclic) bond motifs is 1. The highest BCUT2D eigenvalue weighted by Crippen LogP contribution is 2.24. The SMILES string of the molecule is CN1CCc2nc(C(=O)NC[C@@H](NC(=O)C(=O)Nc3ccc(Cl)cn3)C(=O)N(C)C)sc2C1.Cl. The number of rotatable bonds is 6. The number of likely N-dealkylation sites (N-methyl/N-ethyl adjacent to an activating group) is 2. The van der Waals surface area contributed by atoms with Crippen LogP contribution in [0, 0.1) is 0 Å². The standard InChI is InChI=1S/C20H24ClN7O4S.ClH/c1-27(2)20(32)13(24-16(29)17(30)26-15-5-4-11(21)8-22-15)9-23-18(31)19-25-12-6-7-28(3)10-14(12)33-19;/h4-5,8,13H,6-7,9-10H2,1-3H3,(H,23,31)(H,24,29)(H,22,26,30);1H/t13-;/m1./s1. The maximum Gasteiger partial charge on any atom is 0.314 e. The number of thiazole rings is 1. The highest BCUT2D eigenvalue weighted by atomic mass is 35.5. The molecule has 0 aliphatic carbocycles. The Bertz CT molecular complexity index is 1060. The number of pyridine rings is 1. The van der Waals surface area contributed by atoms with Crippen molar-refractivity contribution < 1.29 is 19.2 Å². The molecule has 0 unspecified atom stereocenters. The summed E-state index contributed by atoms with van der Waals surface area (Å²) in [6.45, 7) is 1.39. The summed E-state index contributed by atoms with van der Waals surface area (Å²) in [4.78, 5) is 62.4. The van der Waals surface area contributed by atoms with Crippen LogP contribution < -0.4 is 16.0 Å². The predicted molar refractivity (Wildman–Crippen MR) is 130 cm³/mol. The van der Waals surface area contributed by atoms with Gasteiger partial charge in [-0.1, -0.05) is 11.6 Å². The zero-order valence-corrected chi connectivity index (χ0v) is 21.1. The molecule has 2 aromatic heterocycles. The molecule has 34 heavy (non-hydrogen) atoms. The molecule has 11 nitrogen and oxygen atoms in total. The lowest BCUT2D eigenvalue weighted by Gasteiger charge is -2.21. The maximum absolute atomic E-state index is 12.6. The van der Waals surface area contributed by atoms with Gasteiger partial charge in [0.25, 0.3) is 5.91 Å². The second-order valence-electron chi connectivity index (χ2n) is 7.66. The summed E-state index contributed by atoms with van der Waals surface area (Å²) in [6.07, 6.45) is 2.09. The van der Waals surface area contributed by atoms with Crippen molar-refractivity contribution in [1.29, 1.82) is 0 Å². The number of nitrogens with one attached hydrogen (secondary N) is 3. The van der Waals surface area contributed by atoms with Gasteiger partial charge in [0.1, 0.15) is 11.9 Å². The second kappa shape index (κ2) is 12.1. The van der Waals surface area contributed by atoms with Crippen molar-refractivity contribution in [2.45, 2.75) is 19.0 Å².